The Morgan fingerprint density at radius 1 is 0.838 bits per heavy atom. The van der Waals surface area contributed by atoms with Gasteiger partial charge in [-0.1, -0.05) is 80.7 Å². The number of rotatable bonds is 20. The molecule has 0 saturated heterocycles. The lowest BCUT2D eigenvalue weighted by atomic mass is 10.0. The van der Waals surface area contributed by atoms with Gasteiger partial charge >= 0.3 is 5.97 Å². The lowest BCUT2D eigenvalue weighted by molar-refractivity contribution is -0.118. The topological polar surface area (TPSA) is 74.6 Å². The summed E-state index contributed by atoms with van der Waals surface area (Å²) in [6.45, 7) is 4.15. The van der Waals surface area contributed by atoms with Gasteiger partial charge in [0.15, 0.2) is 0 Å². The van der Waals surface area contributed by atoms with Gasteiger partial charge in [0, 0.05) is 6.42 Å². The average Bonchev–Trinajstić information content (AvgIpc) is 2.88. The molecule has 1 aromatic carbocycles. The van der Waals surface area contributed by atoms with Crippen LogP contribution in [0.25, 0.3) is 0 Å². The summed E-state index contributed by atoms with van der Waals surface area (Å²) in [6.07, 6.45) is 31.2. The number of hydrogen-bond donors (Lipinski definition) is 2. The number of phenols is 1. The average molecular weight is 525 g/mol. The Labute approximate surface area is 228 Å². The molecule has 0 radical (unpaired) electrons. The monoisotopic (exact) mass is 524 g/mol. The molecule has 0 aliphatic carbocycles. The number of thioether (sulfide) groups is 1. The molecule has 0 amide bonds. The number of ketones is 1. The van der Waals surface area contributed by atoms with Crippen molar-refractivity contribution in [3.05, 3.63) is 90.1 Å². The van der Waals surface area contributed by atoms with Gasteiger partial charge in [0.1, 0.15) is 17.1 Å². The normalized spacial score (nSPS) is 13.1. The smallest absolute Gasteiger partial charge is 0.339 e. The molecule has 0 aliphatic heterocycles. The first-order valence-corrected chi connectivity index (χ1v) is 14.5. The second-order valence-corrected chi connectivity index (χ2v) is 10.1. The first-order chi connectivity index (χ1) is 18.0. The van der Waals surface area contributed by atoms with Crippen molar-refractivity contribution in [1.82, 2.24) is 0 Å². The second-order valence-electron chi connectivity index (χ2n) is 8.77. The van der Waals surface area contributed by atoms with E-state index in [9.17, 15) is 14.7 Å². The van der Waals surface area contributed by atoms with E-state index in [1.165, 1.54) is 12.1 Å². The van der Waals surface area contributed by atoms with E-state index in [1.807, 2.05) is 6.92 Å². The van der Waals surface area contributed by atoms with Gasteiger partial charge in [0.2, 0.25) is 0 Å². The van der Waals surface area contributed by atoms with Gasteiger partial charge < -0.3 is 10.2 Å². The minimum absolute atomic E-state index is 0.0872. The molecule has 0 spiro atoms. The zero-order chi connectivity index (χ0) is 27.1. The number of carbonyl (C=O) groups is 2. The summed E-state index contributed by atoms with van der Waals surface area (Å²) in [7, 11) is 0. The first-order valence-electron chi connectivity index (χ1n) is 13.4. The Morgan fingerprint density at radius 2 is 1.41 bits per heavy atom. The molecule has 1 aromatic rings. The molecule has 0 unspecified atom stereocenters. The SMILES string of the molecule is CC/C=C\C/C=C\C/C=C\C/C=C\C/C=C\CCCCS[C@@H](CC)C(=O)Cc1ccc(O)c(C(=O)O)c1. The van der Waals surface area contributed by atoms with E-state index < -0.39 is 5.97 Å². The number of aromatic hydroxyl groups is 1. The highest BCUT2D eigenvalue weighted by molar-refractivity contribution is 8.00. The van der Waals surface area contributed by atoms with Crippen LogP contribution in [0.2, 0.25) is 0 Å². The van der Waals surface area contributed by atoms with E-state index in [2.05, 4.69) is 67.7 Å². The predicted molar refractivity (Wildman–Crippen MR) is 159 cm³/mol. The third-order valence-corrected chi connectivity index (χ3v) is 7.16. The Bertz CT molecular complexity index is 940. The van der Waals surface area contributed by atoms with Crippen LogP contribution in [0, 0.1) is 0 Å². The van der Waals surface area contributed by atoms with E-state index in [4.69, 9.17) is 5.11 Å². The van der Waals surface area contributed by atoms with Crippen LogP contribution in [0.3, 0.4) is 0 Å². The summed E-state index contributed by atoms with van der Waals surface area (Å²) in [6, 6.07) is 4.34. The van der Waals surface area contributed by atoms with E-state index in [-0.39, 0.29) is 28.8 Å². The van der Waals surface area contributed by atoms with E-state index in [0.29, 0.717) is 5.56 Å². The zero-order valence-electron chi connectivity index (χ0n) is 22.5. The number of carboxylic acid groups (broad SMARTS) is 1. The van der Waals surface area contributed by atoms with Crippen LogP contribution >= 0.6 is 11.8 Å². The number of benzene rings is 1. The highest BCUT2D eigenvalue weighted by Crippen LogP contribution is 2.22. The molecule has 5 heteroatoms. The molecule has 202 valence electrons. The molecular formula is C32H44O4S. The molecular weight excluding hydrogens is 480 g/mol. The van der Waals surface area contributed by atoms with Gasteiger partial charge in [-0.25, -0.2) is 4.79 Å². The summed E-state index contributed by atoms with van der Waals surface area (Å²) < 4.78 is 0. The van der Waals surface area contributed by atoms with E-state index in [0.717, 1.165) is 63.5 Å². The molecule has 0 aromatic heterocycles. The highest BCUT2D eigenvalue weighted by atomic mass is 32.2. The number of allylic oxidation sites excluding steroid dienone is 10. The number of Topliss-reactive ketones (excluding diaryl/α,β-unsaturated/α-hetero) is 1. The van der Waals surface area contributed by atoms with Crippen molar-refractivity contribution in [1.29, 1.82) is 0 Å². The van der Waals surface area contributed by atoms with Crippen LogP contribution in [0.1, 0.15) is 87.6 Å². The fourth-order valence-electron chi connectivity index (χ4n) is 3.58. The zero-order valence-corrected chi connectivity index (χ0v) is 23.3. The van der Waals surface area contributed by atoms with Gasteiger partial charge in [-0.05, 0) is 81.2 Å². The Morgan fingerprint density at radius 3 is 1.95 bits per heavy atom. The molecule has 1 atom stereocenters. The number of carbonyl (C=O) groups excluding carboxylic acids is 1. The maximum absolute atomic E-state index is 12.7. The quantitative estimate of drug-likeness (QED) is 0.132. The third-order valence-electron chi connectivity index (χ3n) is 5.64. The lowest BCUT2D eigenvalue weighted by Gasteiger charge is -2.14. The van der Waals surface area contributed by atoms with Crippen molar-refractivity contribution < 1.29 is 19.8 Å². The predicted octanol–water partition coefficient (Wildman–Crippen LogP) is 8.64. The van der Waals surface area contributed by atoms with Gasteiger partial charge in [-0.3, -0.25) is 4.79 Å². The largest absolute Gasteiger partial charge is 0.507 e. The molecule has 4 nitrogen and oxygen atoms in total. The second kappa shape index (κ2) is 21.3. The van der Waals surface area contributed by atoms with Crippen molar-refractivity contribution in [2.45, 2.75) is 83.3 Å². The summed E-state index contributed by atoms with van der Waals surface area (Å²) >= 11 is 1.69. The fraction of sp³-hybridized carbons (Fsp3) is 0.438. The summed E-state index contributed by atoms with van der Waals surface area (Å²) in [5.74, 6) is -0.434. The Kier molecular flexibility index (Phi) is 18.6. The number of hydrogen-bond acceptors (Lipinski definition) is 4. The fourth-order valence-corrected chi connectivity index (χ4v) is 4.74. The molecule has 0 fully saturated rings. The van der Waals surface area contributed by atoms with Crippen LogP contribution in [0.5, 0.6) is 5.75 Å². The van der Waals surface area contributed by atoms with Gasteiger partial charge in [-0.15, -0.1) is 0 Å². The van der Waals surface area contributed by atoms with Crippen molar-refractivity contribution in [2.75, 3.05) is 5.75 Å². The molecule has 1 rings (SSSR count). The minimum Gasteiger partial charge on any atom is -0.507 e. The van der Waals surface area contributed by atoms with Crippen molar-refractivity contribution >= 4 is 23.5 Å². The van der Waals surface area contributed by atoms with E-state index in [1.54, 1.807) is 17.8 Å². The standard InChI is InChI=1S/C32H44O4S/c1-3-5-6-7-8-9-10-11-12-13-14-15-16-17-18-19-20-21-24-37-31(4-2)30(34)26-27-22-23-29(33)28(25-27)32(35)36/h5-6,8-9,11-12,14-15,17-18,22-23,25,31,33H,3-4,7,10,13,16,19-21,24,26H2,1-2H3,(H,35,36)/b6-5-,9-8-,12-11-,15-14-,18-17-/t31-/m0/s1. The first kappa shape index (κ1) is 32.2. The Hall–Kier alpha value is -2.79. The van der Waals surface area contributed by atoms with Crippen LogP contribution < -0.4 is 0 Å². The number of aromatic carboxylic acids is 1. The van der Waals surface area contributed by atoms with Gasteiger partial charge in [0.25, 0.3) is 0 Å². The summed E-state index contributed by atoms with van der Waals surface area (Å²) in [5, 5.41) is 18.7. The van der Waals surface area contributed by atoms with Crippen LogP contribution in [-0.4, -0.2) is 33.0 Å². The van der Waals surface area contributed by atoms with E-state index >= 15 is 0 Å². The maximum Gasteiger partial charge on any atom is 0.339 e. The molecule has 0 saturated carbocycles. The van der Waals surface area contributed by atoms with Crippen LogP contribution in [0.15, 0.2) is 79.0 Å². The molecule has 0 bridgehead atoms. The third kappa shape index (κ3) is 15.8. The summed E-state index contributed by atoms with van der Waals surface area (Å²) in [5.41, 5.74) is 0.457. The minimum atomic E-state index is -1.19. The van der Waals surface area contributed by atoms with Crippen molar-refractivity contribution in [3.8, 4) is 5.75 Å². The van der Waals surface area contributed by atoms with Crippen LogP contribution in [0.4, 0.5) is 0 Å². The molecule has 0 aliphatic rings. The Balaban J connectivity index is 2.15. The highest BCUT2D eigenvalue weighted by Gasteiger charge is 2.18. The number of unbranched alkanes of at least 4 members (excludes halogenated alkanes) is 2. The van der Waals surface area contributed by atoms with Gasteiger partial charge in [0.05, 0.1) is 5.25 Å². The molecule has 2 N–H and O–H groups in total. The van der Waals surface area contributed by atoms with Gasteiger partial charge in [-0.2, -0.15) is 11.8 Å². The summed E-state index contributed by atoms with van der Waals surface area (Å²) in [4.78, 5) is 23.9. The van der Waals surface area contributed by atoms with Crippen molar-refractivity contribution in [3.63, 3.8) is 0 Å². The van der Waals surface area contributed by atoms with Crippen molar-refractivity contribution in [2.24, 2.45) is 0 Å². The van der Waals surface area contributed by atoms with Crippen LogP contribution in [-0.2, 0) is 11.2 Å². The maximum atomic E-state index is 12.7. The number of carboxylic acids is 1. The molecule has 37 heavy (non-hydrogen) atoms. The molecule has 0 heterocycles. The lowest BCUT2D eigenvalue weighted by Crippen LogP contribution is -2.19.